The Bertz CT molecular complexity index is 674. The van der Waals surface area contributed by atoms with Crippen LogP contribution in [0.25, 0.3) is 0 Å². The Kier molecular flexibility index (Phi) is 5.84. The quantitative estimate of drug-likeness (QED) is 0.545. The number of aliphatic hydroxyl groups excluding tert-OH is 2. The highest BCUT2D eigenvalue weighted by Gasteiger charge is 2.59. The molecule has 4 rings (SSSR count). The minimum Gasteiger partial charge on any atom is -0.393 e. The molecule has 4 aliphatic carbocycles. The maximum absolute atomic E-state index is 11.1. The van der Waals surface area contributed by atoms with Gasteiger partial charge in [-0.05, 0) is 112 Å². The summed E-state index contributed by atoms with van der Waals surface area (Å²) in [5.41, 5.74) is 3.64. The van der Waals surface area contributed by atoms with Crippen LogP contribution < -0.4 is 0 Å². The van der Waals surface area contributed by atoms with Crippen LogP contribution in [0.1, 0.15) is 92.4 Å². The van der Waals surface area contributed by atoms with E-state index in [4.69, 9.17) is 0 Å². The molecule has 0 aromatic carbocycles. The van der Waals surface area contributed by atoms with E-state index in [2.05, 4.69) is 46.8 Å². The number of hydrogen-bond acceptors (Lipinski definition) is 2. The Morgan fingerprint density at radius 2 is 1.76 bits per heavy atom. The lowest BCUT2D eigenvalue weighted by Crippen LogP contribution is -2.53. The minimum absolute atomic E-state index is 0.178. The number of hydrogen-bond donors (Lipinski definition) is 2. The highest BCUT2D eigenvalue weighted by atomic mass is 16.3. The molecule has 2 N–H and O–H groups in total. The van der Waals surface area contributed by atoms with Crippen molar-refractivity contribution in [2.75, 3.05) is 0 Å². The van der Waals surface area contributed by atoms with Crippen LogP contribution in [0.3, 0.4) is 0 Å². The first-order valence-electron chi connectivity index (χ1n) is 12.4. The van der Waals surface area contributed by atoms with Gasteiger partial charge in [0.15, 0.2) is 0 Å². The molecular weight excluding hydrogens is 356 g/mol. The average molecular weight is 401 g/mol. The van der Waals surface area contributed by atoms with Gasteiger partial charge in [0.05, 0.1) is 12.2 Å². The second-order valence-corrected chi connectivity index (χ2v) is 11.9. The summed E-state index contributed by atoms with van der Waals surface area (Å²) in [6.45, 7) is 11.9. The summed E-state index contributed by atoms with van der Waals surface area (Å²) in [6.07, 6.45) is 14.7. The Morgan fingerprint density at radius 3 is 2.48 bits per heavy atom. The first kappa shape index (κ1) is 21.6. The molecule has 9 unspecified atom stereocenters. The lowest BCUT2D eigenvalue weighted by molar-refractivity contribution is -0.0835. The molecule has 9 atom stereocenters. The summed E-state index contributed by atoms with van der Waals surface area (Å²) in [4.78, 5) is 0. The van der Waals surface area contributed by atoms with E-state index in [1.54, 1.807) is 5.57 Å². The molecule has 29 heavy (non-hydrogen) atoms. The molecule has 164 valence electrons. The molecule has 0 radical (unpaired) electrons. The van der Waals surface area contributed by atoms with E-state index in [1.807, 2.05) is 0 Å². The van der Waals surface area contributed by atoms with Crippen molar-refractivity contribution in [3.63, 3.8) is 0 Å². The predicted molar refractivity (Wildman–Crippen MR) is 120 cm³/mol. The van der Waals surface area contributed by atoms with Crippen LogP contribution in [0, 0.1) is 40.4 Å². The molecule has 0 aromatic rings. The maximum Gasteiger partial charge on any atom is 0.0758 e. The second-order valence-electron chi connectivity index (χ2n) is 11.9. The number of aliphatic hydroxyl groups is 2. The maximum atomic E-state index is 11.1. The zero-order valence-electron chi connectivity index (χ0n) is 19.5. The average Bonchev–Trinajstić information content (AvgIpc) is 3.00. The van der Waals surface area contributed by atoms with Crippen LogP contribution in [0.5, 0.6) is 0 Å². The van der Waals surface area contributed by atoms with Gasteiger partial charge in [-0.1, -0.05) is 44.1 Å². The molecule has 2 heteroatoms. The van der Waals surface area contributed by atoms with Gasteiger partial charge in [-0.3, -0.25) is 0 Å². The normalized spacial score (nSPS) is 47.5. The van der Waals surface area contributed by atoms with Crippen molar-refractivity contribution in [3.05, 3.63) is 23.3 Å². The summed E-state index contributed by atoms with van der Waals surface area (Å²) in [5.74, 6) is 3.12. The molecule has 3 fully saturated rings. The summed E-state index contributed by atoms with van der Waals surface area (Å²) in [5, 5.41) is 21.3. The highest BCUT2D eigenvalue weighted by Crippen LogP contribution is 2.66. The van der Waals surface area contributed by atoms with E-state index in [-0.39, 0.29) is 23.5 Å². The third-order valence-electron chi connectivity index (χ3n) is 10.0. The molecule has 0 heterocycles. The van der Waals surface area contributed by atoms with Gasteiger partial charge in [0.1, 0.15) is 0 Å². The van der Waals surface area contributed by atoms with Crippen LogP contribution in [0.15, 0.2) is 23.3 Å². The largest absolute Gasteiger partial charge is 0.393 e. The summed E-state index contributed by atoms with van der Waals surface area (Å²) < 4.78 is 0. The van der Waals surface area contributed by atoms with Gasteiger partial charge in [-0.25, -0.2) is 0 Å². The molecule has 0 aromatic heterocycles. The van der Waals surface area contributed by atoms with E-state index >= 15 is 0 Å². The van der Waals surface area contributed by atoms with Gasteiger partial charge in [-0.15, -0.1) is 0 Å². The monoisotopic (exact) mass is 400 g/mol. The lowest BCUT2D eigenvalue weighted by Gasteiger charge is -2.58. The van der Waals surface area contributed by atoms with Crippen molar-refractivity contribution in [2.24, 2.45) is 40.4 Å². The van der Waals surface area contributed by atoms with E-state index in [1.165, 1.54) is 44.1 Å². The zero-order valence-corrected chi connectivity index (χ0v) is 19.5. The van der Waals surface area contributed by atoms with Crippen LogP contribution in [-0.4, -0.2) is 22.4 Å². The van der Waals surface area contributed by atoms with Crippen molar-refractivity contribution in [1.82, 2.24) is 0 Å². The standard InChI is InChI=1S/C27H44O2/c1-17(2)7-6-8-18(3)21-9-10-22-20-16-25(29)24-15-19(28)11-13-27(24,5)23(20)12-14-26(21,22)4/h7,16,18-19,21-25,28-29H,6,8-15H2,1-5H3. The smallest absolute Gasteiger partial charge is 0.0758 e. The molecular formula is C27H44O2. The molecule has 2 nitrogen and oxygen atoms in total. The van der Waals surface area contributed by atoms with E-state index in [0.29, 0.717) is 17.3 Å². The van der Waals surface area contributed by atoms with Crippen molar-refractivity contribution < 1.29 is 10.2 Å². The van der Waals surface area contributed by atoms with Crippen molar-refractivity contribution in [1.29, 1.82) is 0 Å². The fourth-order valence-electron chi connectivity index (χ4n) is 8.37. The molecule has 3 saturated carbocycles. The first-order valence-corrected chi connectivity index (χ1v) is 12.4. The summed E-state index contributed by atoms with van der Waals surface area (Å²) in [7, 11) is 0. The number of allylic oxidation sites excluding steroid dienone is 3. The Hall–Kier alpha value is -0.600. The SMILES string of the molecule is CC(C)=CCCC(C)C1CCC2C3=CC(O)C4CC(O)CCC4(C)C3CCC21C. The van der Waals surface area contributed by atoms with Crippen molar-refractivity contribution in [3.8, 4) is 0 Å². The van der Waals surface area contributed by atoms with E-state index in [9.17, 15) is 10.2 Å². The van der Waals surface area contributed by atoms with Crippen LogP contribution in [0.4, 0.5) is 0 Å². The second kappa shape index (κ2) is 7.83. The van der Waals surface area contributed by atoms with Crippen LogP contribution in [0.2, 0.25) is 0 Å². The Labute approximate surface area is 178 Å². The Morgan fingerprint density at radius 1 is 1.07 bits per heavy atom. The van der Waals surface area contributed by atoms with Crippen LogP contribution >= 0.6 is 0 Å². The highest BCUT2D eigenvalue weighted by molar-refractivity contribution is 5.29. The molecule has 0 amide bonds. The fraction of sp³-hybridized carbons (Fsp3) is 0.852. The van der Waals surface area contributed by atoms with E-state index in [0.717, 1.165) is 31.1 Å². The molecule has 0 bridgehead atoms. The third kappa shape index (κ3) is 3.57. The molecule has 0 spiro atoms. The van der Waals surface area contributed by atoms with Crippen molar-refractivity contribution in [2.45, 2.75) is 105 Å². The van der Waals surface area contributed by atoms with Crippen molar-refractivity contribution >= 4 is 0 Å². The van der Waals surface area contributed by atoms with Gasteiger partial charge < -0.3 is 10.2 Å². The van der Waals surface area contributed by atoms with Gasteiger partial charge >= 0.3 is 0 Å². The molecule has 4 aliphatic rings. The molecule has 0 aliphatic heterocycles. The fourth-order valence-corrected chi connectivity index (χ4v) is 8.37. The topological polar surface area (TPSA) is 40.5 Å². The van der Waals surface area contributed by atoms with E-state index < -0.39 is 0 Å². The van der Waals surface area contributed by atoms with Gasteiger partial charge in [-0.2, -0.15) is 0 Å². The minimum atomic E-state index is -0.363. The molecule has 0 saturated heterocycles. The first-order chi connectivity index (χ1) is 13.7. The third-order valence-corrected chi connectivity index (χ3v) is 10.0. The lowest BCUT2D eigenvalue weighted by atomic mass is 9.47. The van der Waals surface area contributed by atoms with Crippen LogP contribution in [-0.2, 0) is 0 Å². The number of fused-ring (bicyclic) bond motifs is 5. The number of rotatable bonds is 4. The zero-order chi connectivity index (χ0) is 21.0. The Balaban J connectivity index is 1.56. The summed E-state index contributed by atoms with van der Waals surface area (Å²) in [6, 6.07) is 0. The van der Waals surface area contributed by atoms with Gasteiger partial charge in [0.25, 0.3) is 0 Å². The van der Waals surface area contributed by atoms with Gasteiger partial charge in [0, 0.05) is 0 Å². The predicted octanol–water partition coefficient (Wildman–Crippen LogP) is 6.28. The summed E-state index contributed by atoms with van der Waals surface area (Å²) >= 11 is 0. The van der Waals surface area contributed by atoms with Gasteiger partial charge in [0.2, 0.25) is 0 Å².